The zero-order valence-corrected chi connectivity index (χ0v) is 10.9. The zero-order valence-electron chi connectivity index (χ0n) is 10.9. The van der Waals surface area contributed by atoms with Gasteiger partial charge in [-0.1, -0.05) is 46.5 Å². The van der Waals surface area contributed by atoms with Crippen molar-refractivity contribution >= 4 is 0 Å². The molecule has 0 aromatic heterocycles. The van der Waals surface area contributed by atoms with Gasteiger partial charge in [-0.15, -0.1) is 0 Å². The van der Waals surface area contributed by atoms with Crippen LogP contribution in [-0.4, -0.2) is 0 Å². The van der Waals surface area contributed by atoms with E-state index in [2.05, 4.69) is 20.8 Å². The predicted octanol–water partition coefficient (Wildman–Crippen LogP) is 5.17. The molecule has 0 heterocycles. The summed E-state index contributed by atoms with van der Waals surface area (Å²) in [4.78, 5) is 0. The van der Waals surface area contributed by atoms with Gasteiger partial charge in [0.05, 0.1) is 0 Å². The van der Waals surface area contributed by atoms with Gasteiger partial charge in [0.25, 0.3) is 0 Å². The van der Waals surface area contributed by atoms with E-state index in [9.17, 15) is 0 Å². The first kappa shape index (κ1) is 11.5. The molecule has 2 rings (SSSR count). The van der Waals surface area contributed by atoms with Crippen LogP contribution in [0.4, 0.5) is 0 Å². The van der Waals surface area contributed by atoms with Crippen LogP contribution >= 0.6 is 0 Å². The highest BCUT2D eigenvalue weighted by atomic mass is 14.6. The first-order valence-corrected chi connectivity index (χ1v) is 7.12. The fourth-order valence-corrected chi connectivity index (χ4v) is 4.31. The molecule has 0 aromatic rings. The van der Waals surface area contributed by atoms with Gasteiger partial charge in [0.2, 0.25) is 0 Å². The molecule has 88 valence electrons. The molecule has 0 spiro atoms. The lowest BCUT2D eigenvalue weighted by atomic mass is 9.48. The molecule has 0 saturated heterocycles. The van der Waals surface area contributed by atoms with E-state index in [0.29, 0.717) is 5.41 Å². The number of hydrogen-bond acceptors (Lipinski definition) is 0. The fourth-order valence-electron chi connectivity index (χ4n) is 4.31. The Balaban J connectivity index is 2.09. The van der Waals surface area contributed by atoms with Gasteiger partial charge in [0.1, 0.15) is 0 Å². The third-order valence-electron chi connectivity index (χ3n) is 5.98. The Bertz CT molecular complexity index is 199. The van der Waals surface area contributed by atoms with Crippen LogP contribution in [0, 0.1) is 16.7 Å². The lowest BCUT2D eigenvalue weighted by Crippen LogP contribution is -2.47. The van der Waals surface area contributed by atoms with Crippen LogP contribution in [0.1, 0.15) is 78.6 Å². The summed E-state index contributed by atoms with van der Waals surface area (Å²) in [6, 6.07) is 0. The standard InChI is InChI=1S/C15H28/c1-4-15(11-8-12-15)14(2,3)13-9-6-5-7-10-13/h13H,4-12H2,1-3H3. The van der Waals surface area contributed by atoms with E-state index in [1.54, 1.807) is 0 Å². The van der Waals surface area contributed by atoms with Crippen molar-refractivity contribution in [2.75, 3.05) is 0 Å². The molecular formula is C15H28. The van der Waals surface area contributed by atoms with Crippen molar-refractivity contribution < 1.29 is 0 Å². The Morgan fingerprint density at radius 2 is 1.60 bits per heavy atom. The van der Waals surface area contributed by atoms with E-state index in [4.69, 9.17) is 0 Å². The van der Waals surface area contributed by atoms with Gasteiger partial charge in [-0.3, -0.25) is 0 Å². The molecule has 0 atom stereocenters. The maximum absolute atomic E-state index is 2.58. The van der Waals surface area contributed by atoms with Crippen molar-refractivity contribution in [2.24, 2.45) is 16.7 Å². The van der Waals surface area contributed by atoms with Crippen molar-refractivity contribution in [2.45, 2.75) is 78.6 Å². The van der Waals surface area contributed by atoms with Crippen LogP contribution in [0.25, 0.3) is 0 Å². The van der Waals surface area contributed by atoms with Gasteiger partial charge in [-0.2, -0.15) is 0 Å². The van der Waals surface area contributed by atoms with Crippen molar-refractivity contribution in [3.8, 4) is 0 Å². The molecule has 0 amide bonds. The molecule has 0 N–H and O–H groups in total. The molecule has 0 bridgehead atoms. The second kappa shape index (κ2) is 4.11. The molecule has 15 heavy (non-hydrogen) atoms. The summed E-state index contributed by atoms with van der Waals surface area (Å²) in [5.74, 6) is 1.02. The normalized spacial score (nSPS) is 27.4. The Morgan fingerprint density at radius 3 is 2.00 bits per heavy atom. The minimum Gasteiger partial charge on any atom is -0.0648 e. The Labute approximate surface area is 95.8 Å². The first-order valence-electron chi connectivity index (χ1n) is 7.12. The van der Waals surface area contributed by atoms with Crippen molar-refractivity contribution in [1.82, 2.24) is 0 Å². The van der Waals surface area contributed by atoms with Crippen molar-refractivity contribution in [1.29, 1.82) is 0 Å². The number of rotatable bonds is 3. The molecule has 2 aliphatic rings. The van der Waals surface area contributed by atoms with Crippen LogP contribution < -0.4 is 0 Å². The van der Waals surface area contributed by atoms with Crippen LogP contribution in [0.2, 0.25) is 0 Å². The second-order valence-corrected chi connectivity index (χ2v) is 6.54. The predicted molar refractivity (Wildman–Crippen MR) is 66.9 cm³/mol. The van der Waals surface area contributed by atoms with Gasteiger partial charge in [-0.05, 0) is 48.9 Å². The summed E-state index contributed by atoms with van der Waals surface area (Å²) in [5.41, 5.74) is 1.33. The van der Waals surface area contributed by atoms with Crippen molar-refractivity contribution in [3.63, 3.8) is 0 Å². The molecule has 0 heteroatoms. The molecular weight excluding hydrogens is 180 g/mol. The van der Waals surface area contributed by atoms with Gasteiger partial charge in [-0.25, -0.2) is 0 Å². The van der Waals surface area contributed by atoms with Crippen LogP contribution in [0.5, 0.6) is 0 Å². The summed E-state index contributed by atoms with van der Waals surface area (Å²) in [7, 11) is 0. The largest absolute Gasteiger partial charge is 0.0648 e. The average molecular weight is 208 g/mol. The highest BCUT2D eigenvalue weighted by molar-refractivity contribution is 5.01. The van der Waals surface area contributed by atoms with Gasteiger partial charge >= 0.3 is 0 Å². The SMILES string of the molecule is CCC1(C(C)(C)C2CCCCC2)CCC1. The Morgan fingerprint density at radius 1 is 1.00 bits per heavy atom. The monoisotopic (exact) mass is 208 g/mol. The molecule has 0 aromatic carbocycles. The third-order valence-corrected chi connectivity index (χ3v) is 5.98. The topological polar surface area (TPSA) is 0 Å². The highest BCUT2D eigenvalue weighted by Gasteiger charge is 2.50. The van der Waals surface area contributed by atoms with E-state index in [-0.39, 0.29) is 0 Å². The summed E-state index contributed by atoms with van der Waals surface area (Å²) >= 11 is 0. The smallest absolute Gasteiger partial charge is 0.0246 e. The highest BCUT2D eigenvalue weighted by Crippen LogP contribution is 2.61. The molecule has 2 aliphatic carbocycles. The van der Waals surface area contributed by atoms with Crippen LogP contribution in [0.3, 0.4) is 0 Å². The average Bonchev–Trinajstić information content (AvgIpc) is 2.18. The summed E-state index contributed by atoms with van der Waals surface area (Å²) in [5, 5.41) is 0. The zero-order chi connectivity index (χ0) is 10.9. The fraction of sp³-hybridized carbons (Fsp3) is 1.00. The van der Waals surface area contributed by atoms with Gasteiger partial charge in [0, 0.05) is 0 Å². The summed E-state index contributed by atoms with van der Waals surface area (Å²) < 4.78 is 0. The molecule has 0 unspecified atom stereocenters. The maximum atomic E-state index is 2.58. The van der Waals surface area contributed by atoms with E-state index in [1.165, 1.54) is 57.8 Å². The van der Waals surface area contributed by atoms with Crippen LogP contribution in [0.15, 0.2) is 0 Å². The van der Waals surface area contributed by atoms with E-state index in [0.717, 1.165) is 11.3 Å². The molecule has 0 radical (unpaired) electrons. The van der Waals surface area contributed by atoms with Gasteiger partial charge < -0.3 is 0 Å². The summed E-state index contributed by atoms with van der Waals surface area (Å²) in [6.45, 7) is 7.57. The Kier molecular flexibility index (Phi) is 3.14. The molecule has 2 saturated carbocycles. The van der Waals surface area contributed by atoms with E-state index in [1.807, 2.05) is 0 Å². The quantitative estimate of drug-likeness (QED) is 0.600. The third kappa shape index (κ3) is 1.74. The lowest BCUT2D eigenvalue weighted by Gasteiger charge is -2.57. The number of hydrogen-bond donors (Lipinski definition) is 0. The minimum atomic E-state index is 0.612. The Hall–Kier alpha value is 0. The second-order valence-electron chi connectivity index (χ2n) is 6.54. The summed E-state index contributed by atoms with van der Waals surface area (Å²) in [6.07, 6.45) is 13.4. The van der Waals surface area contributed by atoms with E-state index < -0.39 is 0 Å². The lowest BCUT2D eigenvalue weighted by molar-refractivity contribution is -0.0707. The van der Waals surface area contributed by atoms with Crippen molar-refractivity contribution in [3.05, 3.63) is 0 Å². The molecule has 2 fully saturated rings. The minimum absolute atomic E-state index is 0.612. The molecule has 0 aliphatic heterocycles. The first-order chi connectivity index (χ1) is 7.12. The molecule has 0 nitrogen and oxygen atoms in total. The van der Waals surface area contributed by atoms with Gasteiger partial charge in [0.15, 0.2) is 0 Å². The van der Waals surface area contributed by atoms with Crippen LogP contribution in [-0.2, 0) is 0 Å². The van der Waals surface area contributed by atoms with E-state index >= 15 is 0 Å². The maximum Gasteiger partial charge on any atom is -0.0246 e.